The van der Waals surface area contributed by atoms with Crippen molar-refractivity contribution in [3.8, 4) is 5.69 Å². The summed E-state index contributed by atoms with van der Waals surface area (Å²) in [4.78, 5) is 14.6. The molecule has 2 aliphatic rings. The second-order valence-corrected chi connectivity index (χ2v) is 7.05. The first-order valence-corrected chi connectivity index (χ1v) is 8.85. The van der Waals surface area contributed by atoms with E-state index in [9.17, 15) is 15.0 Å². The highest BCUT2D eigenvalue weighted by Gasteiger charge is 2.37. The van der Waals surface area contributed by atoms with Crippen molar-refractivity contribution in [3.05, 3.63) is 46.8 Å². The number of nitrogens with zero attached hydrogens (tertiary/aromatic N) is 3. The molecule has 2 N–H and O–H groups in total. The van der Waals surface area contributed by atoms with Crippen LogP contribution in [0.3, 0.4) is 0 Å². The fraction of sp³-hybridized carbons (Fsp3) is 0.474. The van der Waals surface area contributed by atoms with E-state index in [1.165, 1.54) is 0 Å². The molecule has 1 fully saturated rings. The van der Waals surface area contributed by atoms with Crippen LogP contribution in [0.2, 0.25) is 0 Å². The summed E-state index contributed by atoms with van der Waals surface area (Å²) in [6, 6.07) is 8.05. The van der Waals surface area contributed by atoms with Crippen molar-refractivity contribution in [3.63, 3.8) is 0 Å². The summed E-state index contributed by atoms with van der Waals surface area (Å²) in [5.41, 5.74) is 4.79. The van der Waals surface area contributed by atoms with Crippen LogP contribution in [0.15, 0.2) is 24.3 Å². The van der Waals surface area contributed by atoms with Crippen LogP contribution < -0.4 is 0 Å². The largest absolute Gasteiger partial charge is 0.396 e. The number of benzene rings is 1. The quantitative estimate of drug-likeness (QED) is 0.876. The Balaban J connectivity index is 1.71. The number of aryl methyl sites for hydroxylation is 1. The monoisotopic (exact) mass is 341 g/mol. The zero-order valence-corrected chi connectivity index (χ0v) is 14.4. The first-order chi connectivity index (χ1) is 12.1. The molecule has 2 aromatic rings. The van der Waals surface area contributed by atoms with Gasteiger partial charge in [-0.3, -0.25) is 4.79 Å². The van der Waals surface area contributed by atoms with Crippen LogP contribution in [0.25, 0.3) is 5.69 Å². The first-order valence-electron chi connectivity index (χ1n) is 8.85. The Morgan fingerprint density at radius 2 is 2.08 bits per heavy atom. The normalized spacial score (nSPS) is 22.4. The Morgan fingerprint density at radius 1 is 1.28 bits per heavy atom. The van der Waals surface area contributed by atoms with Crippen molar-refractivity contribution in [2.45, 2.75) is 32.3 Å². The highest BCUT2D eigenvalue weighted by molar-refractivity contribution is 5.94. The van der Waals surface area contributed by atoms with Crippen molar-refractivity contribution in [2.24, 2.45) is 5.92 Å². The van der Waals surface area contributed by atoms with E-state index in [0.29, 0.717) is 12.2 Å². The number of hydrogen-bond donors (Lipinski definition) is 2. The second-order valence-electron chi connectivity index (χ2n) is 7.05. The minimum Gasteiger partial charge on any atom is -0.396 e. The van der Waals surface area contributed by atoms with Crippen LogP contribution in [-0.2, 0) is 12.8 Å². The minimum absolute atomic E-state index is 0.110. The Labute approximate surface area is 146 Å². The highest BCUT2D eigenvalue weighted by atomic mass is 16.3. The van der Waals surface area contributed by atoms with E-state index in [1.54, 1.807) is 4.90 Å². The third-order valence-corrected chi connectivity index (χ3v) is 5.40. The molecule has 25 heavy (non-hydrogen) atoms. The maximum Gasteiger partial charge on any atom is 0.274 e. The summed E-state index contributed by atoms with van der Waals surface area (Å²) in [7, 11) is 0. The number of carbonyl (C=O) groups is 1. The molecule has 6 heteroatoms. The lowest BCUT2D eigenvalue weighted by Crippen LogP contribution is -2.30. The van der Waals surface area contributed by atoms with E-state index < -0.39 is 6.10 Å². The number of amides is 1. The molecule has 1 aromatic heterocycles. The summed E-state index contributed by atoms with van der Waals surface area (Å²) in [5, 5.41) is 24.0. The first kappa shape index (κ1) is 16.3. The fourth-order valence-electron chi connectivity index (χ4n) is 3.96. The highest BCUT2D eigenvalue weighted by Crippen LogP contribution is 2.30. The second kappa shape index (κ2) is 6.28. The standard InChI is InChI=1S/C19H23N3O3/c1-12-5-2-3-7-15(12)22-16-8-4-6-14(16)18(20-22)19(25)21-9-13(11-23)17(24)10-21/h2-3,5,7,13,17,23-24H,4,6,8-11H2,1H3/t13-,17-/m1/s1. The van der Waals surface area contributed by atoms with Gasteiger partial charge in [0.15, 0.2) is 5.69 Å². The number of β-amino-alcohol motifs (C(OH)–C–C–N with tert-alkyl or cyclic N) is 1. The van der Waals surface area contributed by atoms with Crippen molar-refractivity contribution in [1.29, 1.82) is 0 Å². The molecule has 1 amide bonds. The number of para-hydroxylation sites is 1. The SMILES string of the molecule is Cc1ccccc1-n1nc(C(=O)N2C[C@H](CO)[C@H](O)C2)c2c1CCC2. The molecule has 132 valence electrons. The average Bonchev–Trinajstić information content (AvgIpc) is 3.29. The summed E-state index contributed by atoms with van der Waals surface area (Å²) in [5.74, 6) is -0.407. The van der Waals surface area contributed by atoms with Gasteiger partial charge in [-0.15, -0.1) is 0 Å². The molecule has 1 aliphatic heterocycles. The van der Waals surface area contributed by atoms with Crippen LogP contribution in [0, 0.1) is 12.8 Å². The number of hydrogen-bond acceptors (Lipinski definition) is 4. The van der Waals surface area contributed by atoms with E-state index in [0.717, 1.165) is 41.8 Å². The van der Waals surface area contributed by atoms with E-state index in [-0.39, 0.29) is 25.0 Å². The van der Waals surface area contributed by atoms with Crippen molar-refractivity contribution >= 4 is 5.91 Å². The topological polar surface area (TPSA) is 78.6 Å². The van der Waals surface area contributed by atoms with E-state index in [2.05, 4.69) is 5.10 Å². The van der Waals surface area contributed by atoms with Gasteiger partial charge in [-0.2, -0.15) is 5.10 Å². The number of carbonyl (C=O) groups excluding carboxylic acids is 1. The molecule has 6 nitrogen and oxygen atoms in total. The van der Waals surface area contributed by atoms with Gasteiger partial charge < -0.3 is 15.1 Å². The van der Waals surface area contributed by atoms with Gasteiger partial charge in [0.2, 0.25) is 0 Å². The van der Waals surface area contributed by atoms with Gasteiger partial charge in [0.05, 0.1) is 18.4 Å². The van der Waals surface area contributed by atoms with Crippen LogP contribution in [0.1, 0.15) is 33.7 Å². The summed E-state index contributed by atoms with van der Waals surface area (Å²) in [6.07, 6.45) is 2.15. The van der Waals surface area contributed by atoms with Gasteiger partial charge in [-0.1, -0.05) is 18.2 Å². The van der Waals surface area contributed by atoms with Gasteiger partial charge in [0.1, 0.15) is 0 Å². The predicted octanol–water partition coefficient (Wildman–Crippen LogP) is 1.09. The molecular weight excluding hydrogens is 318 g/mol. The molecule has 0 radical (unpaired) electrons. The van der Waals surface area contributed by atoms with Gasteiger partial charge in [0.25, 0.3) is 5.91 Å². The Morgan fingerprint density at radius 3 is 2.80 bits per heavy atom. The molecule has 2 atom stereocenters. The van der Waals surface area contributed by atoms with Crippen molar-refractivity contribution in [2.75, 3.05) is 19.7 Å². The van der Waals surface area contributed by atoms with Crippen molar-refractivity contribution < 1.29 is 15.0 Å². The smallest absolute Gasteiger partial charge is 0.274 e. The van der Waals surface area contributed by atoms with Crippen LogP contribution in [-0.4, -0.2) is 56.6 Å². The number of aromatic nitrogens is 2. The molecule has 0 spiro atoms. The third-order valence-electron chi connectivity index (χ3n) is 5.40. The molecule has 2 heterocycles. The molecule has 0 saturated carbocycles. The van der Waals surface area contributed by atoms with Crippen LogP contribution >= 0.6 is 0 Å². The Hall–Kier alpha value is -2.18. The zero-order chi connectivity index (χ0) is 17.6. The molecule has 4 rings (SSSR count). The van der Waals surface area contributed by atoms with Gasteiger partial charge in [0, 0.05) is 30.3 Å². The molecule has 0 bridgehead atoms. The zero-order valence-electron chi connectivity index (χ0n) is 14.4. The molecular formula is C19H23N3O3. The summed E-state index contributed by atoms with van der Waals surface area (Å²) < 4.78 is 1.92. The number of aliphatic hydroxyl groups is 2. The number of likely N-dealkylation sites (tertiary alicyclic amines) is 1. The lowest BCUT2D eigenvalue weighted by Gasteiger charge is -2.15. The Bertz CT molecular complexity index is 814. The summed E-state index contributed by atoms with van der Waals surface area (Å²) >= 11 is 0. The molecule has 0 unspecified atom stereocenters. The predicted molar refractivity (Wildman–Crippen MR) is 92.8 cm³/mol. The third kappa shape index (κ3) is 2.65. The van der Waals surface area contributed by atoms with E-state index >= 15 is 0 Å². The lowest BCUT2D eigenvalue weighted by molar-refractivity contribution is 0.0756. The Kier molecular flexibility index (Phi) is 4.09. The maximum absolute atomic E-state index is 13.0. The molecule has 1 saturated heterocycles. The van der Waals surface area contributed by atoms with Crippen LogP contribution in [0.5, 0.6) is 0 Å². The van der Waals surface area contributed by atoms with Crippen molar-refractivity contribution in [1.82, 2.24) is 14.7 Å². The maximum atomic E-state index is 13.0. The van der Waals surface area contributed by atoms with E-state index in [1.807, 2.05) is 35.9 Å². The lowest BCUT2D eigenvalue weighted by atomic mass is 10.1. The number of aliphatic hydroxyl groups excluding tert-OH is 2. The van der Waals surface area contributed by atoms with Crippen LogP contribution in [0.4, 0.5) is 0 Å². The molecule has 1 aliphatic carbocycles. The van der Waals surface area contributed by atoms with Gasteiger partial charge >= 0.3 is 0 Å². The minimum atomic E-state index is -0.666. The number of fused-ring (bicyclic) bond motifs is 1. The fourth-order valence-corrected chi connectivity index (χ4v) is 3.96. The summed E-state index contributed by atoms with van der Waals surface area (Å²) in [6.45, 7) is 2.57. The number of rotatable bonds is 3. The van der Waals surface area contributed by atoms with E-state index in [4.69, 9.17) is 0 Å². The molecule has 1 aromatic carbocycles. The van der Waals surface area contributed by atoms with Gasteiger partial charge in [-0.05, 0) is 37.8 Å². The van der Waals surface area contributed by atoms with Gasteiger partial charge in [-0.25, -0.2) is 4.68 Å². The average molecular weight is 341 g/mol.